The Morgan fingerprint density at radius 1 is 1.05 bits per heavy atom. The lowest BCUT2D eigenvalue weighted by molar-refractivity contribution is 0.159. The van der Waals surface area contributed by atoms with Crippen LogP contribution < -0.4 is 5.32 Å². The Morgan fingerprint density at radius 2 is 1.68 bits per heavy atom. The topological polar surface area (TPSA) is 15.3 Å². The van der Waals surface area contributed by atoms with E-state index in [4.69, 9.17) is 0 Å². The molecule has 0 saturated carbocycles. The highest BCUT2D eigenvalue weighted by molar-refractivity contribution is 5.85. The largest absolute Gasteiger partial charge is 0.314 e. The summed E-state index contributed by atoms with van der Waals surface area (Å²) in [5.41, 5.74) is 4.37. The number of hydrogen-bond donors (Lipinski definition) is 1. The number of rotatable bonds is 5. The molecule has 0 amide bonds. The highest BCUT2D eigenvalue weighted by Gasteiger charge is 2.23. The summed E-state index contributed by atoms with van der Waals surface area (Å²) in [5.74, 6) is 0.783. The summed E-state index contributed by atoms with van der Waals surface area (Å²) in [5, 5.41) is 3.47. The zero-order valence-corrected chi connectivity index (χ0v) is 16.0. The normalized spacial score (nSPS) is 16.8. The second-order valence-electron chi connectivity index (χ2n) is 6.63. The fourth-order valence-electron chi connectivity index (χ4n) is 3.22. The smallest absolute Gasteiger partial charge is 0.0351 e. The summed E-state index contributed by atoms with van der Waals surface area (Å²) >= 11 is 0. The van der Waals surface area contributed by atoms with Gasteiger partial charge in [0.2, 0.25) is 0 Å². The van der Waals surface area contributed by atoms with Crippen LogP contribution in [0.25, 0.3) is 0 Å². The Labute approximate surface area is 148 Å². The zero-order valence-electron chi connectivity index (χ0n) is 14.4. The highest BCUT2D eigenvalue weighted by Crippen LogP contribution is 2.30. The molecule has 1 atom stereocenters. The van der Waals surface area contributed by atoms with Gasteiger partial charge in [0.25, 0.3) is 0 Å². The summed E-state index contributed by atoms with van der Waals surface area (Å²) < 4.78 is 0. The number of aryl methyl sites for hydroxylation is 2. The van der Waals surface area contributed by atoms with Gasteiger partial charge < -0.3 is 5.32 Å². The summed E-state index contributed by atoms with van der Waals surface area (Å²) in [6, 6.07) is 7.56. The van der Waals surface area contributed by atoms with Crippen LogP contribution in [0.4, 0.5) is 0 Å². The molecule has 2 nitrogen and oxygen atoms in total. The lowest BCUT2D eigenvalue weighted by Crippen LogP contribution is -2.45. The highest BCUT2D eigenvalue weighted by atomic mass is 35.5. The van der Waals surface area contributed by atoms with Gasteiger partial charge in [-0.05, 0) is 43.7 Å². The minimum atomic E-state index is 0. The molecule has 0 bridgehead atoms. The molecular formula is C18H32Cl2N2. The van der Waals surface area contributed by atoms with E-state index in [9.17, 15) is 0 Å². The van der Waals surface area contributed by atoms with Gasteiger partial charge >= 0.3 is 0 Å². The van der Waals surface area contributed by atoms with Crippen LogP contribution in [0.3, 0.4) is 0 Å². The number of halogens is 2. The van der Waals surface area contributed by atoms with Crippen molar-refractivity contribution < 1.29 is 0 Å². The summed E-state index contributed by atoms with van der Waals surface area (Å²) in [6.45, 7) is 13.7. The zero-order chi connectivity index (χ0) is 14.5. The predicted molar refractivity (Wildman–Crippen MR) is 102 cm³/mol. The first-order chi connectivity index (χ1) is 9.58. The van der Waals surface area contributed by atoms with Crippen LogP contribution in [0.15, 0.2) is 18.2 Å². The third-order valence-electron chi connectivity index (χ3n) is 4.39. The molecule has 1 aromatic carbocycles. The second kappa shape index (κ2) is 10.5. The van der Waals surface area contributed by atoms with Gasteiger partial charge in [-0.3, -0.25) is 4.90 Å². The first-order valence-electron chi connectivity index (χ1n) is 8.10. The Morgan fingerprint density at radius 3 is 2.23 bits per heavy atom. The van der Waals surface area contributed by atoms with Gasteiger partial charge in [0, 0.05) is 32.2 Å². The minimum absolute atomic E-state index is 0. The Kier molecular flexibility index (Phi) is 10.4. The molecule has 0 radical (unpaired) electrons. The van der Waals surface area contributed by atoms with Crippen molar-refractivity contribution >= 4 is 24.8 Å². The molecule has 4 heteroatoms. The molecule has 2 rings (SSSR count). The van der Waals surface area contributed by atoms with Crippen molar-refractivity contribution in [2.24, 2.45) is 5.92 Å². The van der Waals surface area contributed by atoms with Crippen molar-refractivity contribution in [3.8, 4) is 0 Å². The van der Waals surface area contributed by atoms with E-state index in [0.29, 0.717) is 6.04 Å². The van der Waals surface area contributed by atoms with Crippen LogP contribution in [0.2, 0.25) is 0 Å². The van der Waals surface area contributed by atoms with Crippen molar-refractivity contribution in [1.29, 1.82) is 0 Å². The fraction of sp³-hybridized carbons (Fsp3) is 0.667. The van der Waals surface area contributed by atoms with Gasteiger partial charge in [-0.2, -0.15) is 0 Å². The van der Waals surface area contributed by atoms with Crippen LogP contribution in [-0.4, -0.2) is 31.1 Å². The average molecular weight is 347 g/mol. The maximum Gasteiger partial charge on any atom is 0.0351 e. The van der Waals surface area contributed by atoms with E-state index in [2.05, 4.69) is 56.1 Å². The van der Waals surface area contributed by atoms with E-state index >= 15 is 0 Å². The number of nitrogens with one attached hydrogen (secondary N) is 1. The average Bonchev–Trinajstić information content (AvgIpc) is 2.42. The molecule has 1 saturated heterocycles. The minimum Gasteiger partial charge on any atom is -0.314 e. The maximum atomic E-state index is 3.47. The molecule has 0 aromatic heterocycles. The Balaban J connectivity index is 0.00000220. The van der Waals surface area contributed by atoms with Crippen molar-refractivity contribution in [3.05, 3.63) is 34.9 Å². The first kappa shape index (κ1) is 21.7. The summed E-state index contributed by atoms with van der Waals surface area (Å²) in [6.07, 6.45) is 2.59. The van der Waals surface area contributed by atoms with E-state index < -0.39 is 0 Å². The molecule has 1 aromatic rings. The van der Waals surface area contributed by atoms with Gasteiger partial charge in [-0.15, -0.1) is 24.8 Å². The second-order valence-corrected chi connectivity index (χ2v) is 6.63. The predicted octanol–water partition coefficient (Wildman–Crippen LogP) is 4.53. The molecule has 0 aliphatic carbocycles. The van der Waals surface area contributed by atoms with Gasteiger partial charge in [0.05, 0.1) is 0 Å². The lowest BCUT2D eigenvalue weighted by Gasteiger charge is -2.36. The molecule has 1 aliphatic heterocycles. The van der Waals surface area contributed by atoms with E-state index in [1.54, 1.807) is 0 Å². The van der Waals surface area contributed by atoms with E-state index in [1.807, 2.05) is 0 Å². The lowest BCUT2D eigenvalue weighted by atomic mass is 9.92. The van der Waals surface area contributed by atoms with Crippen LogP contribution in [0.1, 0.15) is 49.4 Å². The number of piperazine rings is 1. The quantitative estimate of drug-likeness (QED) is 0.842. The SMILES string of the molecule is Cc1ccc([C@@H](CCC(C)C)N2CCNCC2)c(C)c1.Cl.Cl. The van der Waals surface area contributed by atoms with Crippen molar-refractivity contribution in [3.63, 3.8) is 0 Å². The van der Waals surface area contributed by atoms with Gasteiger partial charge in [0.1, 0.15) is 0 Å². The van der Waals surface area contributed by atoms with Crippen molar-refractivity contribution in [2.75, 3.05) is 26.2 Å². The summed E-state index contributed by atoms with van der Waals surface area (Å²) in [4.78, 5) is 2.68. The molecule has 128 valence electrons. The molecular weight excluding hydrogens is 315 g/mol. The van der Waals surface area contributed by atoms with E-state index in [0.717, 1.165) is 19.0 Å². The van der Waals surface area contributed by atoms with Crippen LogP contribution >= 0.6 is 24.8 Å². The van der Waals surface area contributed by atoms with Gasteiger partial charge in [-0.25, -0.2) is 0 Å². The van der Waals surface area contributed by atoms with Gasteiger partial charge in [0.15, 0.2) is 0 Å². The monoisotopic (exact) mass is 346 g/mol. The molecule has 0 unspecified atom stereocenters. The van der Waals surface area contributed by atoms with E-state index in [-0.39, 0.29) is 24.8 Å². The molecule has 0 spiro atoms. The molecule has 1 N–H and O–H groups in total. The number of nitrogens with zero attached hydrogens (tertiary/aromatic N) is 1. The fourth-order valence-corrected chi connectivity index (χ4v) is 3.22. The first-order valence-corrected chi connectivity index (χ1v) is 8.10. The number of hydrogen-bond acceptors (Lipinski definition) is 2. The van der Waals surface area contributed by atoms with E-state index in [1.165, 1.54) is 42.6 Å². The number of benzene rings is 1. The Hall–Kier alpha value is -0.280. The molecule has 1 aliphatic rings. The van der Waals surface area contributed by atoms with Gasteiger partial charge in [-0.1, -0.05) is 37.6 Å². The molecule has 1 fully saturated rings. The van der Waals surface area contributed by atoms with Crippen LogP contribution in [-0.2, 0) is 0 Å². The molecule has 22 heavy (non-hydrogen) atoms. The maximum absolute atomic E-state index is 3.47. The molecule has 1 heterocycles. The van der Waals surface area contributed by atoms with Crippen molar-refractivity contribution in [2.45, 2.75) is 46.6 Å². The van der Waals surface area contributed by atoms with Crippen LogP contribution in [0.5, 0.6) is 0 Å². The van der Waals surface area contributed by atoms with Crippen LogP contribution in [0, 0.1) is 19.8 Å². The third-order valence-corrected chi connectivity index (χ3v) is 4.39. The third kappa shape index (κ3) is 6.08. The standard InChI is InChI=1S/C18H30N2.2ClH/c1-14(2)5-8-18(20-11-9-19-10-12-20)17-7-6-15(3)13-16(17)4;;/h6-7,13-14,18-19H,5,8-12H2,1-4H3;2*1H/t18-;;/m1../s1. The summed E-state index contributed by atoms with van der Waals surface area (Å²) in [7, 11) is 0. The van der Waals surface area contributed by atoms with Crippen molar-refractivity contribution in [1.82, 2.24) is 10.2 Å². The Bertz CT molecular complexity index is 429.